The summed E-state index contributed by atoms with van der Waals surface area (Å²) in [5.74, 6) is -1.55. The molecule has 1 aliphatic rings. The average molecular weight is 324 g/mol. The molecular formula is C14H14BrNO3. The molecule has 0 radical (unpaired) electrons. The number of carboxylic acids is 1. The predicted octanol–water partition coefficient (Wildman–Crippen LogP) is 2.52. The highest BCUT2D eigenvalue weighted by Gasteiger charge is 2.25. The Balaban J connectivity index is 2.00. The van der Waals surface area contributed by atoms with Crippen LogP contribution in [-0.2, 0) is 4.79 Å². The molecule has 100 valence electrons. The number of benzene rings is 1. The standard InChI is InChI=1S/C14H14BrNO3/c1-8-2-3-9(7-12(8)15)13(17)16-11-5-4-10(6-11)14(18)19/h2-5,7,10-11H,6H2,1H3,(H,16,17)(H,18,19). The number of aryl methyl sites for hydroxylation is 1. The zero-order valence-electron chi connectivity index (χ0n) is 10.4. The first-order chi connectivity index (χ1) is 8.97. The van der Waals surface area contributed by atoms with Gasteiger partial charge in [0.15, 0.2) is 0 Å². The SMILES string of the molecule is Cc1ccc(C(=O)NC2C=CC(C(=O)O)C2)cc1Br. The number of aliphatic carboxylic acids is 1. The van der Waals surface area contributed by atoms with E-state index in [9.17, 15) is 9.59 Å². The summed E-state index contributed by atoms with van der Waals surface area (Å²) >= 11 is 3.38. The molecule has 2 unspecified atom stereocenters. The third-order valence-electron chi connectivity index (χ3n) is 3.15. The normalized spacial score (nSPS) is 21.4. The van der Waals surface area contributed by atoms with E-state index in [1.165, 1.54) is 0 Å². The van der Waals surface area contributed by atoms with Crippen molar-refractivity contribution in [3.05, 3.63) is 46.0 Å². The van der Waals surface area contributed by atoms with Crippen LogP contribution in [0.2, 0.25) is 0 Å². The van der Waals surface area contributed by atoms with Gasteiger partial charge in [-0.25, -0.2) is 0 Å². The van der Waals surface area contributed by atoms with Crippen LogP contribution in [0.4, 0.5) is 0 Å². The number of halogens is 1. The van der Waals surface area contributed by atoms with E-state index in [0.717, 1.165) is 10.0 Å². The minimum absolute atomic E-state index is 0.193. The van der Waals surface area contributed by atoms with Gasteiger partial charge in [-0.1, -0.05) is 34.1 Å². The summed E-state index contributed by atoms with van der Waals surface area (Å²) in [5, 5.41) is 11.7. The molecule has 1 amide bonds. The van der Waals surface area contributed by atoms with Crippen LogP contribution in [0.5, 0.6) is 0 Å². The molecule has 2 rings (SSSR count). The highest BCUT2D eigenvalue weighted by Crippen LogP contribution is 2.20. The van der Waals surface area contributed by atoms with Gasteiger partial charge < -0.3 is 10.4 Å². The van der Waals surface area contributed by atoms with E-state index >= 15 is 0 Å². The molecule has 2 N–H and O–H groups in total. The predicted molar refractivity (Wildman–Crippen MR) is 75.0 cm³/mol. The maximum Gasteiger partial charge on any atom is 0.310 e. The molecule has 0 saturated heterocycles. The Labute approximate surface area is 119 Å². The van der Waals surface area contributed by atoms with Gasteiger partial charge in [0.2, 0.25) is 0 Å². The second-order valence-electron chi connectivity index (χ2n) is 4.61. The Hall–Kier alpha value is -1.62. The lowest BCUT2D eigenvalue weighted by Gasteiger charge is -2.12. The first kappa shape index (κ1) is 13.8. The van der Waals surface area contributed by atoms with Gasteiger partial charge in [-0.15, -0.1) is 0 Å². The fourth-order valence-corrected chi connectivity index (χ4v) is 2.35. The molecule has 0 aromatic heterocycles. The smallest absolute Gasteiger partial charge is 0.310 e. The average Bonchev–Trinajstić information content (AvgIpc) is 2.81. The van der Waals surface area contributed by atoms with Crippen LogP contribution >= 0.6 is 15.9 Å². The van der Waals surface area contributed by atoms with Crippen LogP contribution in [0.1, 0.15) is 22.3 Å². The number of amides is 1. The van der Waals surface area contributed by atoms with Gasteiger partial charge in [0.05, 0.1) is 5.92 Å². The second-order valence-corrected chi connectivity index (χ2v) is 5.46. The maximum absolute atomic E-state index is 12.0. The largest absolute Gasteiger partial charge is 0.481 e. The number of hydrogen-bond donors (Lipinski definition) is 2. The zero-order valence-corrected chi connectivity index (χ0v) is 12.0. The molecule has 5 heteroatoms. The summed E-state index contributed by atoms with van der Waals surface area (Å²) in [4.78, 5) is 22.8. The molecule has 0 aliphatic heterocycles. The van der Waals surface area contributed by atoms with Gasteiger partial charge in [-0.05, 0) is 31.0 Å². The minimum Gasteiger partial charge on any atom is -0.481 e. The van der Waals surface area contributed by atoms with Gasteiger partial charge >= 0.3 is 5.97 Å². The van der Waals surface area contributed by atoms with Crippen molar-refractivity contribution < 1.29 is 14.7 Å². The lowest BCUT2D eigenvalue weighted by Crippen LogP contribution is -2.33. The second kappa shape index (κ2) is 5.57. The fraction of sp³-hybridized carbons (Fsp3) is 0.286. The fourth-order valence-electron chi connectivity index (χ4n) is 1.97. The Morgan fingerprint density at radius 2 is 2.11 bits per heavy atom. The minimum atomic E-state index is -0.855. The highest BCUT2D eigenvalue weighted by atomic mass is 79.9. The van der Waals surface area contributed by atoms with E-state index in [1.54, 1.807) is 24.3 Å². The van der Waals surface area contributed by atoms with Gasteiger partial charge in [-0.2, -0.15) is 0 Å². The number of carbonyl (C=O) groups is 2. The first-order valence-electron chi connectivity index (χ1n) is 5.95. The number of carboxylic acid groups (broad SMARTS) is 1. The van der Waals surface area contributed by atoms with Crippen LogP contribution in [-0.4, -0.2) is 23.0 Å². The molecule has 19 heavy (non-hydrogen) atoms. The van der Waals surface area contributed by atoms with Crippen LogP contribution in [0.15, 0.2) is 34.8 Å². The number of carbonyl (C=O) groups excluding carboxylic acids is 1. The van der Waals surface area contributed by atoms with Crippen molar-refractivity contribution in [2.24, 2.45) is 5.92 Å². The lowest BCUT2D eigenvalue weighted by molar-refractivity contribution is -0.140. The lowest BCUT2D eigenvalue weighted by atomic mass is 10.1. The topological polar surface area (TPSA) is 66.4 Å². The monoisotopic (exact) mass is 323 g/mol. The van der Waals surface area contributed by atoms with Crippen molar-refractivity contribution in [2.75, 3.05) is 0 Å². The van der Waals surface area contributed by atoms with E-state index < -0.39 is 11.9 Å². The van der Waals surface area contributed by atoms with Gasteiger partial charge in [0.25, 0.3) is 5.91 Å². The van der Waals surface area contributed by atoms with Crippen LogP contribution in [0.25, 0.3) is 0 Å². The summed E-state index contributed by atoms with van der Waals surface area (Å²) in [6.07, 6.45) is 3.77. The third-order valence-corrected chi connectivity index (χ3v) is 4.01. The molecule has 0 saturated carbocycles. The van der Waals surface area contributed by atoms with Gasteiger partial charge in [0.1, 0.15) is 0 Å². The maximum atomic E-state index is 12.0. The molecule has 4 nitrogen and oxygen atoms in total. The summed E-state index contributed by atoms with van der Waals surface area (Å²) < 4.78 is 0.880. The van der Waals surface area contributed by atoms with Crippen molar-refractivity contribution >= 4 is 27.8 Å². The van der Waals surface area contributed by atoms with E-state index in [0.29, 0.717) is 12.0 Å². The quantitative estimate of drug-likeness (QED) is 0.840. The van der Waals surface area contributed by atoms with Crippen LogP contribution < -0.4 is 5.32 Å². The molecule has 2 atom stereocenters. The molecule has 0 heterocycles. The molecule has 1 aliphatic carbocycles. The Morgan fingerprint density at radius 1 is 1.37 bits per heavy atom. The summed E-state index contributed by atoms with van der Waals surface area (Å²) in [6, 6.07) is 5.17. The molecule has 0 bridgehead atoms. The number of rotatable bonds is 3. The summed E-state index contributed by atoms with van der Waals surface area (Å²) in [7, 11) is 0. The van der Waals surface area contributed by atoms with Crippen LogP contribution in [0.3, 0.4) is 0 Å². The van der Waals surface area contributed by atoms with Crippen molar-refractivity contribution in [2.45, 2.75) is 19.4 Å². The number of hydrogen-bond acceptors (Lipinski definition) is 2. The van der Waals surface area contributed by atoms with E-state index in [4.69, 9.17) is 5.11 Å². The third kappa shape index (κ3) is 3.23. The van der Waals surface area contributed by atoms with Crippen LogP contribution in [0, 0.1) is 12.8 Å². The van der Waals surface area contributed by atoms with Crippen molar-refractivity contribution in [1.29, 1.82) is 0 Å². The van der Waals surface area contributed by atoms with Gasteiger partial charge in [-0.3, -0.25) is 9.59 Å². The Kier molecular flexibility index (Phi) is 4.04. The first-order valence-corrected chi connectivity index (χ1v) is 6.75. The molecular weight excluding hydrogens is 310 g/mol. The highest BCUT2D eigenvalue weighted by molar-refractivity contribution is 9.10. The Bertz CT molecular complexity index is 554. The Morgan fingerprint density at radius 3 is 2.68 bits per heavy atom. The molecule has 1 aromatic carbocycles. The van der Waals surface area contributed by atoms with Gasteiger partial charge in [0, 0.05) is 16.1 Å². The molecule has 0 fully saturated rings. The summed E-state index contributed by atoms with van der Waals surface area (Å²) in [6.45, 7) is 1.95. The van der Waals surface area contributed by atoms with E-state index in [1.807, 2.05) is 13.0 Å². The molecule has 1 aromatic rings. The van der Waals surface area contributed by atoms with Crippen molar-refractivity contribution in [3.63, 3.8) is 0 Å². The zero-order chi connectivity index (χ0) is 14.0. The van der Waals surface area contributed by atoms with E-state index in [-0.39, 0.29) is 11.9 Å². The van der Waals surface area contributed by atoms with Crippen molar-refractivity contribution in [1.82, 2.24) is 5.32 Å². The van der Waals surface area contributed by atoms with E-state index in [2.05, 4.69) is 21.2 Å². The van der Waals surface area contributed by atoms with Crippen molar-refractivity contribution in [3.8, 4) is 0 Å². The summed E-state index contributed by atoms with van der Waals surface area (Å²) in [5.41, 5.74) is 1.62. The number of nitrogens with one attached hydrogen (secondary N) is 1. The molecule has 0 spiro atoms.